The molecule has 1 amide bonds. The quantitative estimate of drug-likeness (QED) is 0.918. The molecule has 2 rings (SSSR count). The van der Waals surface area contributed by atoms with Gasteiger partial charge in [0.1, 0.15) is 11.6 Å². The van der Waals surface area contributed by atoms with E-state index >= 15 is 0 Å². The summed E-state index contributed by atoms with van der Waals surface area (Å²) in [6, 6.07) is 7.13. The van der Waals surface area contributed by atoms with E-state index in [0.717, 1.165) is 17.1 Å². The van der Waals surface area contributed by atoms with Crippen LogP contribution in [-0.4, -0.2) is 21.8 Å². The topological polar surface area (TPSA) is 56.2 Å². The molecule has 1 aromatic heterocycles. The van der Waals surface area contributed by atoms with Gasteiger partial charge in [-0.25, -0.2) is 4.68 Å². The molecule has 0 aliphatic heterocycles. The zero-order valence-corrected chi connectivity index (χ0v) is 12.9. The number of nitrogens with one attached hydrogen (secondary N) is 1. The van der Waals surface area contributed by atoms with E-state index in [-0.39, 0.29) is 12.0 Å². The highest BCUT2D eigenvalue weighted by Crippen LogP contribution is 2.17. The number of aromatic nitrogens is 2. The SMILES string of the molecule is CCn1ncc(C)c1NC(=O)c1ccc(OC(C)C)cc1. The molecule has 0 aliphatic carbocycles. The molecule has 0 aliphatic rings. The van der Waals surface area contributed by atoms with Crippen molar-refractivity contribution in [2.24, 2.45) is 0 Å². The van der Waals surface area contributed by atoms with Crippen LogP contribution in [-0.2, 0) is 6.54 Å². The van der Waals surface area contributed by atoms with Gasteiger partial charge < -0.3 is 10.1 Å². The Hall–Kier alpha value is -2.30. The fraction of sp³-hybridized carbons (Fsp3) is 0.375. The maximum absolute atomic E-state index is 12.3. The molecule has 0 unspecified atom stereocenters. The van der Waals surface area contributed by atoms with Crippen LogP contribution in [0.15, 0.2) is 30.5 Å². The Labute approximate surface area is 124 Å². The van der Waals surface area contributed by atoms with Crippen molar-refractivity contribution in [2.45, 2.75) is 40.3 Å². The van der Waals surface area contributed by atoms with E-state index in [0.29, 0.717) is 12.1 Å². The predicted octanol–water partition coefficient (Wildman–Crippen LogP) is 3.25. The van der Waals surface area contributed by atoms with Gasteiger partial charge in [0.25, 0.3) is 5.91 Å². The molecule has 0 saturated carbocycles. The Morgan fingerprint density at radius 1 is 1.33 bits per heavy atom. The highest BCUT2D eigenvalue weighted by molar-refractivity contribution is 6.04. The minimum atomic E-state index is -0.149. The minimum Gasteiger partial charge on any atom is -0.491 e. The number of hydrogen-bond acceptors (Lipinski definition) is 3. The van der Waals surface area contributed by atoms with Crippen molar-refractivity contribution in [3.8, 4) is 5.75 Å². The van der Waals surface area contributed by atoms with E-state index in [4.69, 9.17) is 4.74 Å². The molecule has 0 saturated heterocycles. The second-order valence-electron chi connectivity index (χ2n) is 5.14. The maximum atomic E-state index is 12.3. The second kappa shape index (κ2) is 6.43. The summed E-state index contributed by atoms with van der Waals surface area (Å²) >= 11 is 0. The summed E-state index contributed by atoms with van der Waals surface area (Å²) in [5.41, 5.74) is 1.54. The number of hydrogen-bond donors (Lipinski definition) is 1. The molecule has 0 spiro atoms. The Morgan fingerprint density at radius 2 is 2.00 bits per heavy atom. The first-order chi connectivity index (χ1) is 10.0. The number of amides is 1. The van der Waals surface area contributed by atoms with Gasteiger partial charge in [0.05, 0.1) is 12.3 Å². The third kappa shape index (κ3) is 3.62. The molecule has 21 heavy (non-hydrogen) atoms. The lowest BCUT2D eigenvalue weighted by molar-refractivity contribution is 0.102. The van der Waals surface area contributed by atoms with Crippen LogP contribution in [0.25, 0.3) is 0 Å². The molecule has 1 heterocycles. The third-order valence-electron chi connectivity index (χ3n) is 3.04. The zero-order chi connectivity index (χ0) is 15.4. The molecule has 1 aromatic carbocycles. The number of rotatable bonds is 5. The van der Waals surface area contributed by atoms with Gasteiger partial charge in [0.2, 0.25) is 0 Å². The van der Waals surface area contributed by atoms with Gasteiger partial charge in [-0.2, -0.15) is 5.10 Å². The highest BCUT2D eigenvalue weighted by Gasteiger charge is 2.12. The summed E-state index contributed by atoms with van der Waals surface area (Å²) in [5, 5.41) is 7.12. The normalized spacial score (nSPS) is 10.7. The van der Waals surface area contributed by atoms with Gasteiger partial charge in [0, 0.05) is 17.7 Å². The first-order valence-corrected chi connectivity index (χ1v) is 7.11. The smallest absolute Gasteiger partial charge is 0.256 e. The van der Waals surface area contributed by atoms with Crippen LogP contribution in [0.2, 0.25) is 0 Å². The van der Waals surface area contributed by atoms with E-state index in [2.05, 4.69) is 10.4 Å². The molecule has 112 valence electrons. The zero-order valence-electron chi connectivity index (χ0n) is 12.9. The molecule has 0 bridgehead atoms. The number of aryl methyl sites for hydroxylation is 2. The van der Waals surface area contributed by atoms with Gasteiger partial charge in [-0.3, -0.25) is 4.79 Å². The van der Waals surface area contributed by atoms with Gasteiger partial charge in [-0.15, -0.1) is 0 Å². The van der Waals surface area contributed by atoms with Gasteiger partial charge in [-0.1, -0.05) is 0 Å². The second-order valence-corrected chi connectivity index (χ2v) is 5.14. The number of anilines is 1. The predicted molar refractivity (Wildman–Crippen MR) is 82.8 cm³/mol. The molecule has 5 nitrogen and oxygen atoms in total. The number of carbonyl (C=O) groups is 1. The van der Waals surface area contributed by atoms with E-state index < -0.39 is 0 Å². The molecule has 5 heteroatoms. The minimum absolute atomic E-state index is 0.117. The monoisotopic (exact) mass is 287 g/mol. The Bertz CT molecular complexity index is 615. The molecule has 0 fully saturated rings. The fourth-order valence-corrected chi connectivity index (χ4v) is 2.02. The first kappa shape index (κ1) is 15.1. The van der Waals surface area contributed by atoms with Gasteiger partial charge >= 0.3 is 0 Å². The van der Waals surface area contributed by atoms with Crippen LogP contribution in [0.1, 0.15) is 36.7 Å². The highest BCUT2D eigenvalue weighted by atomic mass is 16.5. The van der Waals surface area contributed by atoms with E-state index in [1.165, 1.54) is 0 Å². The molecule has 2 aromatic rings. The number of nitrogens with zero attached hydrogens (tertiary/aromatic N) is 2. The van der Waals surface area contributed by atoms with Crippen LogP contribution in [0.3, 0.4) is 0 Å². The maximum Gasteiger partial charge on any atom is 0.256 e. The van der Waals surface area contributed by atoms with Gasteiger partial charge in [-0.05, 0) is 52.0 Å². The Morgan fingerprint density at radius 3 is 2.57 bits per heavy atom. The van der Waals surface area contributed by atoms with E-state index in [9.17, 15) is 4.79 Å². The molecule has 1 N–H and O–H groups in total. The summed E-state index contributed by atoms with van der Waals surface area (Å²) in [6.45, 7) is 8.56. The molecule has 0 atom stereocenters. The first-order valence-electron chi connectivity index (χ1n) is 7.11. The average Bonchev–Trinajstić information content (AvgIpc) is 2.79. The lowest BCUT2D eigenvalue weighted by Gasteiger charge is -2.11. The number of ether oxygens (including phenoxy) is 1. The summed E-state index contributed by atoms with van der Waals surface area (Å²) < 4.78 is 7.33. The summed E-state index contributed by atoms with van der Waals surface area (Å²) in [6.07, 6.45) is 1.87. The van der Waals surface area contributed by atoms with Crippen LogP contribution >= 0.6 is 0 Å². The van der Waals surface area contributed by atoms with E-state index in [1.807, 2.05) is 27.7 Å². The fourth-order valence-electron chi connectivity index (χ4n) is 2.02. The summed E-state index contributed by atoms with van der Waals surface area (Å²) in [7, 11) is 0. The van der Waals surface area contributed by atoms with Crippen molar-refractivity contribution in [1.29, 1.82) is 0 Å². The van der Waals surface area contributed by atoms with Crippen LogP contribution in [0.4, 0.5) is 5.82 Å². The average molecular weight is 287 g/mol. The van der Waals surface area contributed by atoms with Crippen molar-refractivity contribution >= 4 is 11.7 Å². The van der Waals surface area contributed by atoms with Crippen molar-refractivity contribution in [3.63, 3.8) is 0 Å². The third-order valence-corrected chi connectivity index (χ3v) is 3.04. The lowest BCUT2D eigenvalue weighted by atomic mass is 10.2. The number of benzene rings is 1. The lowest BCUT2D eigenvalue weighted by Crippen LogP contribution is -2.16. The summed E-state index contributed by atoms with van der Waals surface area (Å²) in [5.74, 6) is 1.35. The molecular weight excluding hydrogens is 266 g/mol. The molecular formula is C16H21N3O2. The van der Waals surface area contributed by atoms with Crippen LogP contribution < -0.4 is 10.1 Å². The van der Waals surface area contributed by atoms with Crippen molar-refractivity contribution < 1.29 is 9.53 Å². The van der Waals surface area contributed by atoms with E-state index in [1.54, 1.807) is 35.1 Å². The van der Waals surface area contributed by atoms with Crippen molar-refractivity contribution in [1.82, 2.24) is 9.78 Å². The van der Waals surface area contributed by atoms with Crippen LogP contribution in [0, 0.1) is 6.92 Å². The van der Waals surface area contributed by atoms with Crippen molar-refractivity contribution in [2.75, 3.05) is 5.32 Å². The number of carbonyl (C=O) groups excluding carboxylic acids is 1. The summed E-state index contributed by atoms with van der Waals surface area (Å²) in [4.78, 5) is 12.3. The standard InChI is InChI=1S/C16H21N3O2/c1-5-19-15(12(4)10-17-19)18-16(20)13-6-8-14(9-7-13)21-11(2)3/h6-11H,5H2,1-4H3,(H,18,20). The van der Waals surface area contributed by atoms with Crippen molar-refractivity contribution in [3.05, 3.63) is 41.6 Å². The molecule has 0 radical (unpaired) electrons. The Balaban J connectivity index is 2.11. The van der Waals surface area contributed by atoms with Gasteiger partial charge in [0.15, 0.2) is 0 Å². The Kier molecular flexibility index (Phi) is 4.62. The van der Waals surface area contributed by atoms with Crippen LogP contribution in [0.5, 0.6) is 5.75 Å². The largest absolute Gasteiger partial charge is 0.491 e.